The molecule has 0 heterocycles. The summed E-state index contributed by atoms with van der Waals surface area (Å²) >= 11 is 3.59. The van der Waals surface area contributed by atoms with Gasteiger partial charge in [-0.15, -0.1) is 0 Å². The molecule has 0 spiro atoms. The fourth-order valence-electron chi connectivity index (χ4n) is 14.7. The van der Waals surface area contributed by atoms with Crippen molar-refractivity contribution in [2.24, 2.45) is 0 Å². The Bertz CT molecular complexity index is 5540. The molecule has 502 valence electrons. The zero-order valence-electron chi connectivity index (χ0n) is 58.3. The molecule has 2 nitrogen and oxygen atoms in total. The van der Waals surface area contributed by atoms with Crippen LogP contribution in [0.1, 0.15) is 0 Å². The Kier molecular flexibility index (Phi) is 19.3. The van der Waals surface area contributed by atoms with Gasteiger partial charge in [-0.25, -0.2) is 0 Å². The number of hydrogen-bond donors (Lipinski definition) is 0. The van der Waals surface area contributed by atoms with Gasteiger partial charge in [-0.2, -0.15) is 0 Å². The molecule has 0 aliphatic rings. The second-order valence-electron chi connectivity index (χ2n) is 26.3. The van der Waals surface area contributed by atoms with Gasteiger partial charge >= 0.3 is 0 Å². The van der Waals surface area contributed by atoms with Crippen LogP contribution in [0.5, 0.6) is 0 Å². The maximum absolute atomic E-state index is 2.50. The summed E-state index contributed by atoms with van der Waals surface area (Å²) in [5.74, 6) is 0. The van der Waals surface area contributed by atoms with Crippen LogP contribution in [0.25, 0.3) is 111 Å². The van der Waals surface area contributed by atoms with E-state index in [1.54, 1.807) is 23.5 Å². The molecule has 0 bridgehead atoms. The molecular weight excluding hydrogens is 1320 g/mol. The number of nitrogens with zero attached hydrogens (tertiary/aromatic N) is 2. The Morgan fingerprint density at radius 2 is 0.358 bits per heavy atom. The molecule has 0 fully saturated rings. The van der Waals surface area contributed by atoms with Gasteiger partial charge in [0.1, 0.15) is 0 Å². The van der Waals surface area contributed by atoms with E-state index in [9.17, 15) is 0 Å². The minimum absolute atomic E-state index is 0.986. The predicted molar refractivity (Wildman–Crippen MR) is 451 cm³/mol. The van der Waals surface area contributed by atoms with Gasteiger partial charge in [0.25, 0.3) is 0 Å². The third kappa shape index (κ3) is 14.3. The molecule has 17 aromatic carbocycles. The highest BCUT2D eigenvalue weighted by Crippen LogP contribution is 2.51. The number of rotatable bonds is 20. The van der Waals surface area contributed by atoms with Crippen molar-refractivity contribution >= 4 is 57.6 Å². The van der Waals surface area contributed by atoms with Crippen LogP contribution in [0.15, 0.2) is 456 Å². The number of benzene rings is 17. The highest BCUT2D eigenvalue weighted by atomic mass is 32.2. The first-order valence-electron chi connectivity index (χ1n) is 36.0. The van der Waals surface area contributed by atoms with E-state index in [2.05, 4.69) is 447 Å². The van der Waals surface area contributed by atoms with Crippen LogP contribution in [0, 0.1) is 0 Å². The van der Waals surface area contributed by atoms with E-state index in [4.69, 9.17) is 0 Å². The molecule has 0 aliphatic carbocycles. The lowest BCUT2D eigenvalue weighted by molar-refractivity contribution is 1.23. The molecule has 17 aromatic rings. The number of para-hydroxylation sites is 2. The van der Waals surface area contributed by atoms with Crippen molar-refractivity contribution in [2.75, 3.05) is 9.80 Å². The third-order valence-electron chi connectivity index (χ3n) is 19.5. The Hall–Kier alpha value is -13.0. The zero-order valence-corrected chi connectivity index (χ0v) is 59.9. The summed E-state index contributed by atoms with van der Waals surface area (Å²) in [5.41, 5.74) is 29.1. The average molecular weight is 1390 g/mol. The Morgan fingerprint density at radius 3 is 0.670 bits per heavy atom. The highest BCUT2D eigenvalue weighted by molar-refractivity contribution is 7.99. The first-order valence-corrected chi connectivity index (χ1v) is 37.6. The molecule has 0 saturated heterocycles. The Morgan fingerprint density at radius 1 is 0.132 bits per heavy atom. The first kappa shape index (κ1) is 66.3. The number of hydrogen-bond acceptors (Lipinski definition) is 4. The predicted octanol–water partition coefficient (Wildman–Crippen LogP) is 29.6. The maximum atomic E-state index is 2.50. The molecule has 4 heteroatoms. The maximum Gasteiger partial charge on any atom is 0.0540 e. The number of anilines is 6. The zero-order chi connectivity index (χ0) is 70.8. The summed E-state index contributed by atoms with van der Waals surface area (Å²) < 4.78 is 0. The minimum atomic E-state index is 0.986. The fraction of sp³-hybridized carbons (Fsp3) is 0. The van der Waals surface area contributed by atoms with E-state index >= 15 is 0 Å². The van der Waals surface area contributed by atoms with Crippen molar-refractivity contribution in [3.8, 4) is 111 Å². The van der Waals surface area contributed by atoms with Crippen LogP contribution in [0.3, 0.4) is 0 Å². The molecule has 106 heavy (non-hydrogen) atoms. The van der Waals surface area contributed by atoms with Gasteiger partial charge in [0.2, 0.25) is 0 Å². The molecule has 0 saturated carbocycles. The molecule has 17 rings (SSSR count). The summed E-state index contributed by atoms with van der Waals surface area (Å²) in [5, 5.41) is 0. The second kappa shape index (κ2) is 30.9. The quantitative estimate of drug-likeness (QED) is 0.0750. The van der Waals surface area contributed by atoms with Crippen molar-refractivity contribution in [3.63, 3.8) is 0 Å². The van der Waals surface area contributed by atoms with Gasteiger partial charge in [-0.3, -0.25) is 0 Å². The van der Waals surface area contributed by atoms with E-state index in [1.807, 2.05) is 0 Å². The molecule has 0 unspecified atom stereocenters. The van der Waals surface area contributed by atoms with E-state index < -0.39 is 0 Å². The summed E-state index contributed by atoms with van der Waals surface area (Å²) in [6.45, 7) is 0. The van der Waals surface area contributed by atoms with Crippen molar-refractivity contribution < 1.29 is 0 Å². The minimum Gasteiger partial charge on any atom is -0.310 e. The molecule has 0 aromatic heterocycles. The van der Waals surface area contributed by atoms with Crippen LogP contribution < -0.4 is 9.80 Å². The van der Waals surface area contributed by atoms with Crippen LogP contribution >= 0.6 is 23.5 Å². The highest BCUT2D eigenvalue weighted by Gasteiger charge is 2.25. The summed E-state index contributed by atoms with van der Waals surface area (Å²) in [4.78, 5) is 9.47. The summed E-state index contributed by atoms with van der Waals surface area (Å²) in [6.07, 6.45) is 0. The van der Waals surface area contributed by atoms with E-state index in [-0.39, 0.29) is 0 Å². The van der Waals surface area contributed by atoms with Gasteiger partial charge < -0.3 is 9.80 Å². The van der Waals surface area contributed by atoms with Gasteiger partial charge in [0, 0.05) is 53.5 Å². The van der Waals surface area contributed by atoms with Crippen LogP contribution in [-0.4, -0.2) is 0 Å². The third-order valence-corrected chi connectivity index (χ3v) is 21.5. The van der Waals surface area contributed by atoms with Crippen molar-refractivity contribution in [1.29, 1.82) is 0 Å². The lowest BCUT2D eigenvalue weighted by atomic mass is 9.94. The Labute approximate surface area is 630 Å². The first-order chi connectivity index (χ1) is 52.6. The molecule has 0 radical (unpaired) electrons. The van der Waals surface area contributed by atoms with E-state index in [0.29, 0.717) is 0 Å². The molecule has 0 N–H and O–H groups in total. The van der Waals surface area contributed by atoms with Crippen LogP contribution in [0.2, 0.25) is 0 Å². The standard InChI is InChI=1S/C102H72N2S2/c1-7-34-73(35-8-1)91-52-19-23-56-95(91)79-46-31-50-87(66-79)105-89-68-81(97-58-25-21-54-93(97)75-38-11-3-12-39-75)64-85(71-89)103(101-62-29-27-60-99(101)77-42-15-5-16-43-77)83-48-33-49-84(70-83)104(102-63-30-28-61-100(102)78-44-17-6-18-45-78)86-65-82(98-59-26-22-55-94(98)76-40-13-4-14-41-76)69-90(72-86)106-88-51-32-47-80(67-88)96-57-24-20-53-92(96)74-36-9-2-10-37-74/h1-72H. The lowest BCUT2D eigenvalue weighted by Gasteiger charge is -2.32. The molecule has 0 atom stereocenters. The summed E-state index contributed by atoms with van der Waals surface area (Å²) in [7, 11) is 0. The SMILES string of the molecule is c1ccc(-c2ccccc2-c2cccc(Sc3cc(-c4ccccc4-c4ccccc4)cc(N(c4cccc(N(c5cc(Sc6cccc(-c7ccccc7-c7ccccc7)c6)cc(-c6ccccc6-c6ccccc6)c5)c5ccccc5-c5ccccc5)c4)c4ccccc4-c4ccccc4)c3)c2)cc1. The molecule has 0 amide bonds. The van der Waals surface area contributed by atoms with Crippen LogP contribution in [-0.2, 0) is 0 Å². The Balaban J connectivity index is 0.877. The average Bonchev–Trinajstić information content (AvgIpc) is 0.754. The van der Waals surface area contributed by atoms with Gasteiger partial charge in [0.05, 0.1) is 11.4 Å². The lowest BCUT2D eigenvalue weighted by Crippen LogP contribution is -2.15. The molecule has 0 aliphatic heterocycles. The normalized spacial score (nSPS) is 11.1. The van der Waals surface area contributed by atoms with Crippen LogP contribution in [0.4, 0.5) is 34.1 Å². The van der Waals surface area contributed by atoms with Crippen molar-refractivity contribution in [1.82, 2.24) is 0 Å². The largest absolute Gasteiger partial charge is 0.310 e. The second-order valence-corrected chi connectivity index (χ2v) is 28.6. The van der Waals surface area contributed by atoms with Gasteiger partial charge in [-0.05, 0) is 191 Å². The smallest absolute Gasteiger partial charge is 0.0540 e. The monoisotopic (exact) mass is 1390 g/mol. The van der Waals surface area contributed by atoms with Crippen molar-refractivity contribution in [2.45, 2.75) is 19.6 Å². The van der Waals surface area contributed by atoms with E-state index in [1.165, 1.54) is 33.4 Å². The molecular formula is C102H72N2S2. The topological polar surface area (TPSA) is 6.48 Å². The summed E-state index contributed by atoms with van der Waals surface area (Å²) in [6, 6.07) is 159. The van der Waals surface area contributed by atoms with Gasteiger partial charge in [-0.1, -0.05) is 369 Å². The van der Waals surface area contributed by atoms with Crippen molar-refractivity contribution in [3.05, 3.63) is 437 Å². The fourth-order valence-corrected chi connectivity index (χ4v) is 16.6. The van der Waals surface area contributed by atoms with E-state index in [0.717, 1.165) is 132 Å². The van der Waals surface area contributed by atoms with Gasteiger partial charge in [0.15, 0.2) is 0 Å².